The average molecular weight is 432 g/mol. The molecule has 0 aliphatic carbocycles. The van der Waals surface area contributed by atoms with Gasteiger partial charge in [0.25, 0.3) is 5.91 Å². The molecule has 0 saturated carbocycles. The minimum atomic E-state index is -4.19. The summed E-state index contributed by atoms with van der Waals surface area (Å²) in [6.07, 6.45) is 0. The Balaban J connectivity index is 1.69. The fraction of sp³-hybridized carbons (Fsp3) is 0.278. The van der Waals surface area contributed by atoms with E-state index in [0.29, 0.717) is 6.07 Å². The third-order valence-corrected chi connectivity index (χ3v) is 6.28. The number of piperazine rings is 1. The number of rotatable bonds is 5. The van der Waals surface area contributed by atoms with Crippen LogP contribution in [0.5, 0.6) is 5.75 Å². The van der Waals surface area contributed by atoms with Gasteiger partial charge in [-0.15, -0.1) is 0 Å². The molecule has 0 spiro atoms. The highest BCUT2D eigenvalue weighted by molar-refractivity contribution is 7.89. The predicted molar refractivity (Wildman–Crippen MR) is 94.1 cm³/mol. The molecule has 0 atom stereocenters. The number of hydrogen-bond acceptors (Lipinski definition) is 4. The SMILES string of the molecule is O=C(c1cccc(OC(F)F)c1)N1CCN(S(=O)(=O)c2ccc(F)cc2F)CC1. The maximum atomic E-state index is 13.9. The van der Waals surface area contributed by atoms with Crippen molar-refractivity contribution in [1.82, 2.24) is 9.21 Å². The van der Waals surface area contributed by atoms with Gasteiger partial charge in [-0.2, -0.15) is 13.1 Å². The number of hydrogen-bond donors (Lipinski definition) is 0. The molecule has 29 heavy (non-hydrogen) atoms. The fourth-order valence-electron chi connectivity index (χ4n) is 2.94. The van der Waals surface area contributed by atoms with Crippen molar-refractivity contribution in [3.8, 4) is 5.75 Å². The standard InChI is InChI=1S/C18H16F4N2O4S/c19-13-4-5-16(15(20)11-13)29(26,27)24-8-6-23(7-9-24)17(25)12-2-1-3-14(10-12)28-18(21)22/h1-5,10-11,18H,6-9H2. The molecule has 1 aliphatic heterocycles. The Morgan fingerprint density at radius 2 is 1.69 bits per heavy atom. The number of benzene rings is 2. The minimum absolute atomic E-state index is 0.0147. The van der Waals surface area contributed by atoms with Crippen LogP contribution in [0.2, 0.25) is 0 Å². The first kappa shape index (κ1) is 21.1. The number of carbonyl (C=O) groups excluding carboxylic acids is 1. The van der Waals surface area contributed by atoms with Crippen molar-refractivity contribution in [2.75, 3.05) is 26.2 Å². The summed E-state index contributed by atoms with van der Waals surface area (Å²) in [5.74, 6) is -2.73. The van der Waals surface area contributed by atoms with Gasteiger partial charge in [-0.05, 0) is 30.3 Å². The lowest BCUT2D eigenvalue weighted by atomic mass is 10.1. The van der Waals surface area contributed by atoms with Gasteiger partial charge >= 0.3 is 6.61 Å². The lowest BCUT2D eigenvalue weighted by molar-refractivity contribution is -0.0499. The van der Waals surface area contributed by atoms with Crippen molar-refractivity contribution in [2.24, 2.45) is 0 Å². The zero-order valence-electron chi connectivity index (χ0n) is 14.9. The number of carbonyl (C=O) groups is 1. The first-order chi connectivity index (χ1) is 13.7. The Morgan fingerprint density at radius 1 is 1.00 bits per heavy atom. The Bertz CT molecular complexity index is 1010. The highest BCUT2D eigenvalue weighted by atomic mass is 32.2. The molecule has 0 bridgehead atoms. The van der Waals surface area contributed by atoms with Crippen LogP contribution in [0.15, 0.2) is 47.4 Å². The van der Waals surface area contributed by atoms with E-state index in [0.717, 1.165) is 16.4 Å². The van der Waals surface area contributed by atoms with Crippen LogP contribution in [0.4, 0.5) is 17.6 Å². The largest absolute Gasteiger partial charge is 0.435 e. The predicted octanol–water partition coefficient (Wildman–Crippen LogP) is 2.71. The van der Waals surface area contributed by atoms with E-state index in [1.807, 2.05) is 0 Å². The van der Waals surface area contributed by atoms with E-state index in [-0.39, 0.29) is 37.5 Å². The third kappa shape index (κ3) is 4.67. The van der Waals surface area contributed by atoms with E-state index < -0.39 is 39.1 Å². The molecule has 0 aromatic heterocycles. The Morgan fingerprint density at radius 3 is 2.31 bits per heavy atom. The quantitative estimate of drug-likeness (QED) is 0.682. The van der Waals surface area contributed by atoms with Gasteiger partial charge < -0.3 is 9.64 Å². The summed E-state index contributed by atoms with van der Waals surface area (Å²) >= 11 is 0. The molecule has 2 aromatic carbocycles. The molecular weight excluding hydrogens is 416 g/mol. The van der Waals surface area contributed by atoms with Gasteiger partial charge in [-0.25, -0.2) is 17.2 Å². The summed E-state index contributed by atoms with van der Waals surface area (Å²) in [6, 6.07) is 7.47. The van der Waals surface area contributed by atoms with Gasteiger partial charge in [0.15, 0.2) is 0 Å². The van der Waals surface area contributed by atoms with E-state index >= 15 is 0 Å². The third-order valence-electron chi connectivity index (χ3n) is 4.34. The monoisotopic (exact) mass is 432 g/mol. The normalized spacial score (nSPS) is 15.6. The van der Waals surface area contributed by atoms with Crippen LogP contribution in [0.3, 0.4) is 0 Å². The molecule has 2 aromatic rings. The lowest BCUT2D eigenvalue weighted by Crippen LogP contribution is -2.50. The number of ether oxygens (including phenoxy) is 1. The van der Waals surface area contributed by atoms with Crippen LogP contribution >= 0.6 is 0 Å². The average Bonchev–Trinajstić information content (AvgIpc) is 2.67. The van der Waals surface area contributed by atoms with Crippen LogP contribution in [-0.2, 0) is 10.0 Å². The summed E-state index contributed by atoms with van der Waals surface area (Å²) in [6.45, 7) is -3.20. The lowest BCUT2D eigenvalue weighted by Gasteiger charge is -2.34. The number of alkyl halides is 2. The maximum absolute atomic E-state index is 13.9. The molecule has 0 unspecified atom stereocenters. The van der Waals surface area contributed by atoms with Crippen LogP contribution < -0.4 is 4.74 Å². The molecule has 0 N–H and O–H groups in total. The Labute approximate surface area is 164 Å². The molecule has 6 nitrogen and oxygen atoms in total. The highest BCUT2D eigenvalue weighted by Crippen LogP contribution is 2.23. The number of amides is 1. The molecule has 1 amide bonds. The zero-order valence-corrected chi connectivity index (χ0v) is 15.7. The second-order valence-corrected chi connectivity index (χ2v) is 8.08. The molecule has 1 fully saturated rings. The highest BCUT2D eigenvalue weighted by Gasteiger charge is 2.32. The maximum Gasteiger partial charge on any atom is 0.387 e. The van der Waals surface area contributed by atoms with Crippen molar-refractivity contribution in [1.29, 1.82) is 0 Å². The van der Waals surface area contributed by atoms with Crippen LogP contribution in [0.1, 0.15) is 10.4 Å². The van der Waals surface area contributed by atoms with Crippen molar-refractivity contribution in [3.05, 3.63) is 59.7 Å². The summed E-state index contributed by atoms with van der Waals surface area (Å²) in [7, 11) is -4.19. The number of sulfonamides is 1. The molecule has 3 rings (SSSR count). The van der Waals surface area contributed by atoms with E-state index in [9.17, 15) is 30.8 Å². The van der Waals surface area contributed by atoms with E-state index in [1.165, 1.54) is 29.2 Å². The van der Waals surface area contributed by atoms with Gasteiger partial charge in [0.1, 0.15) is 22.3 Å². The minimum Gasteiger partial charge on any atom is -0.435 e. The first-order valence-corrected chi connectivity index (χ1v) is 9.92. The van der Waals surface area contributed by atoms with E-state index in [4.69, 9.17) is 0 Å². The number of nitrogens with zero attached hydrogens (tertiary/aromatic N) is 2. The van der Waals surface area contributed by atoms with Crippen LogP contribution in [0, 0.1) is 11.6 Å². The van der Waals surface area contributed by atoms with Gasteiger partial charge in [0.2, 0.25) is 10.0 Å². The molecule has 1 aliphatic rings. The van der Waals surface area contributed by atoms with Crippen LogP contribution in [0.25, 0.3) is 0 Å². The summed E-state index contributed by atoms with van der Waals surface area (Å²) < 4.78 is 82.0. The molecule has 1 heterocycles. The van der Waals surface area contributed by atoms with E-state index in [1.54, 1.807) is 0 Å². The molecule has 0 radical (unpaired) electrons. The van der Waals surface area contributed by atoms with E-state index in [2.05, 4.69) is 4.74 Å². The molecule has 11 heteroatoms. The molecule has 156 valence electrons. The van der Waals surface area contributed by atoms with Crippen molar-refractivity contribution in [3.63, 3.8) is 0 Å². The molecular formula is C18H16F4N2O4S. The van der Waals surface area contributed by atoms with Gasteiger partial charge in [0, 0.05) is 37.8 Å². The smallest absolute Gasteiger partial charge is 0.387 e. The second-order valence-electron chi connectivity index (χ2n) is 6.18. The first-order valence-electron chi connectivity index (χ1n) is 8.48. The van der Waals surface area contributed by atoms with Gasteiger partial charge in [0.05, 0.1) is 0 Å². The summed E-state index contributed by atoms with van der Waals surface area (Å²) in [4.78, 5) is 13.3. The fourth-order valence-corrected chi connectivity index (χ4v) is 4.41. The van der Waals surface area contributed by atoms with Crippen LogP contribution in [-0.4, -0.2) is 56.3 Å². The van der Waals surface area contributed by atoms with Crippen molar-refractivity contribution < 1.29 is 35.5 Å². The van der Waals surface area contributed by atoms with Crippen molar-refractivity contribution in [2.45, 2.75) is 11.5 Å². The summed E-state index contributed by atoms with van der Waals surface area (Å²) in [5, 5.41) is 0. The number of halogens is 4. The Kier molecular flexibility index (Phi) is 6.08. The van der Waals surface area contributed by atoms with Gasteiger partial charge in [-0.3, -0.25) is 4.79 Å². The topological polar surface area (TPSA) is 66.9 Å². The summed E-state index contributed by atoms with van der Waals surface area (Å²) in [5.41, 5.74) is 0.115. The van der Waals surface area contributed by atoms with Crippen molar-refractivity contribution >= 4 is 15.9 Å². The van der Waals surface area contributed by atoms with Gasteiger partial charge in [-0.1, -0.05) is 6.07 Å². The zero-order chi connectivity index (χ0) is 21.2. The Hall–Kier alpha value is -2.66. The molecule has 1 saturated heterocycles. The second kappa shape index (κ2) is 8.37.